The van der Waals surface area contributed by atoms with Crippen LogP contribution in [-0.4, -0.2) is 61.3 Å². The monoisotopic (exact) mass is 438 g/mol. The molecule has 156 valence electrons. The first-order chi connectivity index (χ1) is 14.0. The summed E-state index contributed by atoms with van der Waals surface area (Å²) >= 11 is 1.72. The molecular formula is C19H23FN4O3S2. The number of carbonyl (C=O) groups excluding carboxylic acids is 1. The highest BCUT2D eigenvalue weighted by Gasteiger charge is 2.28. The van der Waals surface area contributed by atoms with Gasteiger partial charge in [0.1, 0.15) is 22.1 Å². The van der Waals surface area contributed by atoms with Crippen molar-refractivity contribution in [3.05, 3.63) is 42.0 Å². The van der Waals surface area contributed by atoms with Crippen LogP contribution in [0.1, 0.15) is 23.3 Å². The molecule has 0 saturated carbocycles. The average molecular weight is 439 g/mol. The number of amides is 1. The maximum atomic E-state index is 14.5. The minimum Gasteiger partial charge on any atom is -0.370 e. The van der Waals surface area contributed by atoms with Crippen LogP contribution in [-0.2, 0) is 10.0 Å². The number of benzene rings is 1. The third-order valence-electron chi connectivity index (χ3n) is 5.19. The molecule has 2 fully saturated rings. The van der Waals surface area contributed by atoms with E-state index in [2.05, 4.69) is 10.3 Å². The summed E-state index contributed by atoms with van der Waals surface area (Å²) in [6.07, 6.45) is 3.36. The zero-order chi connectivity index (χ0) is 20.4. The lowest BCUT2D eigenvalue weighted by Crippen LogP contribution is -2.37. The van der Waals surface area contributed by atoms with Crippen LogP contribution in [0.15, 0.2) is 35.4 Å². The lowest BCUT2D eigenvalue weighted by atomic mass is 10.2. The Morgan fingerprint density at radius 2 is 1.86 bits per heavy atom. The van der Waals surface area contributed by atoms with Crippen LogP contribution >= 0.6 is 11.8 Å². The molecule has 1 amide bonds. The maximum absolute atomic E-state index is 14.5. The van der Waals surface area contributed by atoms with Gasteiger partial charge >= 0.3 is 0 Å². The van der Waals surface area contributed by atoms with Crippen LogP contribution in [0.3, 0.4) is 0 Å². The largest absolute Gasteiger partial charge is 0.370 e. The van der Waals surface area contributed by atoms with Gasteiger partial charge in [-0.3, -0.25) is 4.79 Å². The minimum atomic E-state index is -3.65. The fourth-order valence-corrected chi connectivity index (χ4v) is 6.20. The zero-order valence-electron chi connectivity index (χ0n) is 15.9. The number of nitrogens with zero attached hydrogens (tertiary/aromatic N) is 2. The second-order valence-electron chi connectivity index (χ2n) is 7.05. The Labute approximate surface area is 173 Å². The number of H-pyrrole nitrogens is 1. The number of hydrogen-bond acceptors (Lipinski definition) is 5. The fraction of sp³-hybridized carbons (Fsp3) is 0.421. The van der Waals surface area contributed by atoms with Gasteiger partial charge in [0.05, 0.1) is 5.69 Å². The molecule has 4 rings (SSSR count). The molecule has 0 spiro atoms. The van der Waals surface area contributed by atoms with Crippen molar-refractivity contribution in [1.29, 1.82) is 0 Å². The summed E-state index contributed by atoms with van der Waals surface area (Å²) in [5, 5.41) is 2.62. The molecule has 1 aromatic carbocycles. The fourth-order valence-electron chi connectivity index (χ4n) is 3.63. The molecule has 10 heteroatoms. The number of para-hydroxylation sites is 1. The molecule has 7 nitrogen and oxygen atoms in total. The topological polar surface area (TPSA) is 85.5 Å². The van der Waals surface area contributed by atoms with Gasteiger partial charge in [-0.25, -0.2) is 12.8 Å². The van der Waals surface area contributed by atoms with Gasteiger partial charge in [0.25, 0.3) is 5.91 Å². The summed E-state index contributed by atoms with van der Waals surface area (Å²) in [4.78, 5) is 17.5. The van der Waals surface area contributed by atoms with Crippen LogP contribution in [0.2, 0.25) is 0 Å². The number of sulfonamides is 1. The van der Waals surface area contributed by atoms with Crippen LogP contribution < -0.4 is 10.2 Å². The Kier molecular flexibility index (Phi) is 5.84. The molecule has 0 aliphatic carbocycles. The minimum absolute atomic E-state index is 0.0443. The summed E-state index contributed by atoms with van der Waals surface area (Å²) in [5.74, 6) is 0.409. The molecule has 0 unspecified atom stereocenters. The van der Waals surface area contributed by atoms with Crippen molar-refractivity contribution in [2.75, 3.05) is 47.9 Å². The maximum Gasteiger partial charge on any atom is 0.272 e. The van der Waals surface area contributed by atoms with Crippen molar-refractivity contribution < 1.29 is 17.6 Å². The lowest BCUT2D eigenvalue weighted by Gasteiger charge is -2.24. The number of rotatable bonds is 5. The van der Waals surface area contributed by atoms with Crippen LogP contribution in [0.25, 0.3) is 0 Å². The molecule has 2 aromatic rings. The van der Waals surface area contributed by atoms with Crippen LogP contribution in [0.5, 0.6) is 0 Å². The highest BCUT2D eigenvalue weighted by molar-refractivity contribution is 7.99. The van der Waals surface area contributed by atoms with Gasteiger partial charge in [-0.05, 0) is 31.0 Å². The zero-order valence-corrected chi connectivity index (χ0v) is 17.5. The first kappa shape index (κ1) is 20.2. The first-order valence-corrected chi connectivity index (χ1v) is 12.2. The quantitative estimate of drug-likeness (QED) is 0.750. The van der Waals surface area contributed by atoms with Crippen molar-refractivity contribution in [3.8, 4) is 0 Å². The SMILES string of the molecule is O=C(Nc1c(F)cccc1N1CCCC1)c1cc(S(=O)(=O)N2CCSCC2)c[nH]1. The standard InChI is InChI=1S/C19H23FN4O3S2/c20-15-4-3-5-17(23-6-1-2-7-23)18(15)22-19(25)16-12-14(13-21-16)29(26,27)24-8-10-28-11-9-24/h3-5,12-13,21H,1-2,6-11H2,(H,22,25). The molecule has 0 radical (unpaired) electrons. The van der Waals surface area contributed by atoms with Crippen molar-refractivity contribution in [2.24, 2.45) is 0 Å². The second-order valence-corrected chi connectivity index (χ2v) is 10.2. The molecule has 29 heavy (non-hydrogen) atoms. The molecule has 3 heterocycles. The molecule has 0 bridgehead atoms. The molecule has 2 aliphatic heterocycles. The van der Waals surface area contributed by atoms with E-state index in [1.165, 1.54) is 22.6 Å². The number of aromatic nitrogens is 1. The number of hydrogen-bond donors (Lipinski definition) is 2. The Morgan fingerprint density at radius 1 is 1.14 bits per heavy atom. The molecule has 2 saturated heterocycles. The highest BCUT2D eigenvalue weighted by Crippen LogP contribution is 2.31. The van der Waals surface area contributed by atoms with Gasteiger partial charge in [0.15, 0.2) is 0 Å². The van der Waals surface area contributed by atoms with E-state index in [4.69, 9.17) is 0 Å². The van der Waals surface area contributed by atoms with Crippen molar-refractivity contribution in [1.82, 2.24) is 9.29 Å². The van der Waals surface area contributed by atoms with E-state index in [0.717, 1.165) is 37.4 Å². The van der Waals surface area contributed by atoms with E-state index >= 15 is 0 Å². The van der Waals surface area contributed by atoms with Crippen LogP contribution in [0.4, 0.5) is 15.8 Å². The number of halogens is 1. The molecule has 0 atom stereocenters. The predicted molar refractivity (Wildman–Crippen MR) is 113 cm³/mol. The smallest absolute Gasteiger partial charge is 0.272 e. The highest BCUT2D eigenvalue weighted by atomic mass is 32.2. The van der Waals surface area contributed by atoms with E-state index in [1.54, 1.807) is 23.9 Å². The van der Waals surface area contributed by atoms with Gasteiger partial charge in [-0.15, -0.1) is 0 Å². The molecule has 1 aromatic heterocycles. The Bertz CT molecular complexity index is 997. The van der Waals surface area contributed by atoms with Gasteiger partial charge in [0, 0.05) is 43.9 Å². The first-order valence-electron chi connectivity index (χ1n) is 9.58. The van der Waals surface area contributed by atoms with E-state index in [-0.39, 0.29) is 16.3 Å². The number of carbonyl (C=O) groups is 1. The molecular weight excluding hydrogens is 415 g/mol. The summed E-state index contributed by atoms with van der Waals surface area (Å²) in [7, 11) is -3.65. The van der Waals surface area contributed by atoms with E-state index in [1.807, 2.05) is 4.90 Å². The van der Waals surface area contributed by atoms with Gasteiger partial charge in [-0.1, -0.05) is 6.07 Å². The average Bonchev–Trinajstić information content (AvgIpc) is 3.43. The van der Waals surface area contributed by atoms with Crippen LogP contribution in [0, 0.1) is 5.82 Å². The number of aromatic amines is 1. The number of thioether (sulfide) groups is 1. The Hall–Kier alpha value is -2.04. The second kappa shape index (κ2) is 8.37. The Balaban J connectivity index is 1.55. The van der Waals surface area contributed by atoms with E-state index in [9.17, 15) is 17.6 Å². The third-order valence-corrected chi connectivity index (χ3v) is 8.00. The van der Waals surface area contributed by atoms with Gasteiger partial charge < -0.3 is 15.2 Å². The predicted octanol–water partition coefficient (Wildman–Crippen LogP) is 2.74. The summed E-state index contributed by atoms with van der Waals surface area (Å²) in [6.45, 7) is 2.53. The molecule has 2 aliphatic rings. The van der Waals surface area contributed by atoms with E-state index in [0.29, 0.717) is 18.8 Å². The van der Waals surface area contributed by atoms with Crippen molar-refractivity contribution in [2.45, 2.75) is 17.7 Å². The summed E-state index contributed by atoms with van der Waals surface area (Å²) < 4.78 is 41.4. The number of nitrogens with one attached hydrogen (secondary N) is 2. The summed E-state index contributed by atoms with van der Waals surface area (Å²) in [5.41, 5.74) is 0.832. The lowest BCUT2D eigenvalue weighted by molar-refractivity contribution is 0.102. The summed E-state index contributed by atoms with van der Waals surface area (Å²) in [6, 6.07) is 6.01. The number of anilines is 2. The van der Waals surface area contributed by atoms with Gasteiger partial charge in [0.2, 0.25) is 10.0 Å². The third kappa shape index (κ3) is 4.15. The van der Waals surface area contributed by atoms with E-state index < -0.39 is 21.7 Å². The molecule has 2 N–H and O–H groups in total. The Morgan fingerprint density at radius 3 is 2.59 bits per heavy atom. The van der Waals surface area contributed by atoms with Gasteiger partial charge in [-0.2, -0.15) is 16.1 Å². The van der Waals surface area contributed by atoms with Crippen molar-refractivity contribution in [3.63, 3.8) is 0 Å². The van der Waals surface area contributed by atoms with Crippen molar-refractivity contribution >= 4 is 39.1 Å². The normalized spacial score (nSPS) is 18.2.